The molecule has 2 aliphatic heterocycles. The van der Waals surface area contributed by atoms with E-state index in [0.29, 0.717) is 29.6 Å². The SMILES string of the molecule is [B]c1[nH]nc2ccc3c(c12)C[C@@H](C)N(CC(F)(F)F)[C@@H]3c1ccc(NC2CN(CCCF)C2)cn1. The van der Waals surface area contributed by atoms with Gasteiger partial charge in [-0.1, -0.05) is 6.07 Å². The summed E-state index contributed by atoms with van der Waals surface area (Å²) in [4.78, 5) is 8.24. The Morgan fingerprint density at radius 2 is 2.00 bits per heavy atom. The molecule has 2 atom stereocenters. The molecule has 5 rings (SSSR count). The molecular weight excluding hydrogens is 459 g/mol. The third-order valence-electron chi connectivity index (χ3n) is 6.95. The van der Waals surface area contributed by atoms with Crippen LogP contribution >= 0.6 is 0 Å². The quantitative estimate of drug-likeness (QED) is 0.397. The first-order valence-corrected chi connectivity index (χ1v) is 11.8. The molecular formula is C24H27BF4N6. The highest BCUT2D eigenvalue weighted by molar-refractivity contribution is 6.37. The fourth-order valence-corrected chi connectivity index (χ4v) is 5.34. The van der Waals surface area contributed by atoms with Gasteiger partial charge in [0, 0.05) is 31.1 Å². The van der Waals surface area contributed by atoms with Crippen LogP contribution in [0.25, 0.3) is 10.9 Å². The van der Waals surface area contributed by atoms with E-state index in [2.05, 4.69) is 25.4 Å². The van der Waals surface area contributed by atoms with E-state index in [1.807, 2.05) is 12.1 Å². The molecule has 2 aliphatic rings. The molecule has 0 aliphatic carbocycles. The van der Waals surface area contributed by atoms with Crippen molar-refractivity contribution < 1.29 is 17.6 Å². The van der Waals surface area contributed by atoms with Gasteiger partial charge in [-0.3, -0.25) is 24.3 Å². The molecule has 2 radical (unpaired) electrons. The Hall–Kier alpha value is -2.66. The number of aromatic nitrogens is 3. The highest BCUT2D eigenvalue weighted by Crippen LogP contribution is 2.41. The number of pyridine rings is 1. The first-order valence-electron chi connectivity index (χ1n) is 11.8. The molecule has 3 aromatic rings. The number of aromatic amines is 1. The first-order chi connectivity index (χ1) is 16.7. The number of H-pyrrole nitrogens is 1. The number of likely N-dealkylation sites (tertiary alicyclic amines) is 1. The van der Waals surface area contributed by atoms with Crippen molar-refractivity contribution in [2.24, 2.45) is 0 Å². The van der Waals surface area contributed by atoms with Crippen LogP contribution in [0.5, 0.6) is 0 Å². The summed E-state index contributed by atoms with van der Waals surface area (Å²) in [5.41, 5.74) is 4.16. The Bertz CT molecular complexity index is 1180. The number of fused-ring (bicyclic) bond motifs is 3. The van der Waals surface area contributed by atoms with Gasteiger partial charge in [0.05, 0.1) is 48.4 Å². The van der Waals surface area contributed by atoms with Gasteiger partial charge in [0.25, 0.3) is 0 Å². The summed E-state index contributed by atoms with van der Waals surface area (Å²) in [6.07, 6.45) is -1.70. The van der Waals surface area contributed by atoms with E-state index < -0.39 is 18.8 Å². The van der Waals surface area contributed by atoms with Crippen molar-refractivity contribution in [3.63, 3.8) is 0 Å². The lowest BCUT2D eigenvalue weighted by Gasteiger charge is -2.42. The summed E-state index contributed by atoms with van der Waals surface area (Å²) in [5.74, 6) is 0. The number of rotatable bonds is 7. The van der Waals surface area contributed by atoms with Crippen LogP contribution in [0.4, 0.5) is 23.2 Å². The smallest absolute Gasteiger partial charge is 0.378 e. The number of alkyl halides is 4. The van der Waals surface area contributed by atoms with Gasteiger partial charge >= 0.3 is 6.18 Å². The fourth-order valence-electron chi connectivity index (χ4n) is 5.34. The van der Waals surface area contributed by atoms with Crippen LogP contribution < -0.4 is 10.9 Å². The lowest BCUT2D eigenvalue weighted by molar-refractivity contribution is -0.155. The molecule has 6 nitrogen and oxygen atoms in total. The van der Waals surface area contributed by atoms with Crippen LogP contribution in [0.15, 0.2) is 30.5 Å². The second-order valence-electron chi connectivity index (χ2n) is 9.52. The molecule has 184 valence electrons. The maximum absolute atomic E-state index is 13.6. The molecule has 4 heterocycles. The highest BCUT2D eigenvalue weighted by Gasteiger charge is 2.41. The van der Waals surface area contributed by atoms with Gasteiger partial charge in [-0.25, -0.2) is 0 Å². The van der Waals surface area contributed by atoms with Crippen LogP contribution in [0, 0.1) is 0 Å². The Morgan fingerprint density at radius 3 is 2.69 bits per heavy atom. The second kappa shape index (κ2) is 9.42. The zero-order valence-electron chi connectivity index (χ0n) is 19.4. The van der Waals surface area contributed by atoms with Crippen molar-refractivity contribution in [3.05, 3.63) is 47.3 Å². The van der Waals surface area contributed by atoms with Crippen LogP contribution in [0.1, 0.15) is 36.2 Å². The second-order valence-corrected chi connectivity index (χ2v) is 9.52. The molecule has 0 amide bonds. The van der Waals surface area contributed by atoms with Crippen molar-refractivity contribution in [1.82, 2.24) is 25.0 Å². The molecule has 0 saturated carbocycles. The number of benzene rings is 1. The van der Waals surface area contributed by atoms with E-state index in [1.165, 1.54) is 4.90 Å². The van der Waals surface area contributed by atoms with E-state index in [-0.39, 0.29) is 18.8 Å². The van der Waals surface area contributed by atoms with E-state index in [0.717, 1.165) is 41.8 Å². The van der Waals surface area contributed by atoms with E-state index >= 15 is 0 Å². The Labute approximate surface area is 202 Å². The molecule has 1 fully saturated rings. The first kappa shape index (κ1) is 24.1. The summed E-state index contributed by atoms with van der Waals surface area (Å²) in [6.45, 7) is 2.86. The van der Waals surface area contributed by atoms with E-state index in [9.17, 15) is 17.6 Å². The van der Waals surface area contributed by atoms with Crippen molar-refractivity contribution >= 4 is 30.0 Å². The number of nitrogens with zero attached hydrogens (tertiary/aromatic N) is 4. The summed E-state index contributed by atoms with van der Waals surface area (Å²) in [7, 11) is 6.13. The summed E-state index contributed by atoms with van der Waals surface area (Å²) in [5, 5.41) is 11.2. The molecule has 2 aromatic heterocycles. The average molecular weight is 486 g/mol. The number of anilines is 1. The predicted molar refractivity (Wildman–Crippen MR) is 128 cm³/mol. The van der Waals surface area contributed by atoms with Crippen molar-refractivity contribution in [1.29, 1.82) is 0 Å². The molecule has 0 bridgehead atoms. The average Bonchev–Trinajstić information content (AvgIpc) is 3.17. The topological polar surface area (TPSA) is 60.1 Å². The van der Waals surface area contributed by atoms with Gasteiger partial charge in [-0.2, -0.15) is 18.3 Å². The van der Waals surface area contributed by atoms with Crippen molar-refractivity contribution in [2.45, 2.75) is 44.1 Å². The van der Waals surface area contributed by atoms with Crippen LogP contribution in [0.2, 0.25) is 0 Å². The molecule has 35 heavy (non-hydrogen) atoms. The summed E-state index contributed by atoms with van der Waals surface area (Å²) >= 11 is 0. The largest absolute Gasteiger partial charge is 0.401 e. The molecule has 0 unspecified atom stereocenters. The van der Waals surface area contributed by atoms with Gasteiger partial charge in [-0.05, 0) is 54.7 Å². The normalized spacial score (nSPS) is 21.7. The summed E-state index contributed by atoms with van der Waals surface area (Å²) in [6, 6.07) is 6.49. The van der Waals surface area contributed by atoms with Gasteiger partial charge in [0.2, 0.25) is 0 Å². The van der Waals surface area contributed by atoms with Crippen LogP contribution in [0.3, 0.4) is 0 Å². The van der Waals surface area contributed by atoms with Crippen LogP contribution in [-0.2, 0) is 6.42 Å². The number of hydrogen-bond acceptors (Lipinski definition) is 5. The van der Waals surface area contributed by atoms with Crippen molar-refractivity contribution in [3.8, 4) is 0 Å². The Morgan fingerprint density at radius 1 is 1.20 bits per heavy atom. The lowest BCUT2D eigenvalue weighted by atomic mass is 9.82. The fraction of sp³-hybridized carbons (Fsp3) is 0.500. The Kier molecular flexibility index (Phi) is 6.48. The molecule has 0 spiro atoms. The van der Waals surface area contributed by atoms with E-state index in [1.54, 1.807) is 25.3 Å². The monoisotopic (exact) mass is 486 g/mol. The standard InChI is InChI=1S/C24H27BF4N6/c1-14-9-18-17(4-6-19-21(18)23(25)33-32-19)22(35(14)13-24(27,28)29)20-5-3-15(10-30-20)31-16-11-34(12-16)8-2-7-26/h3-6,10,14,16,22,31H,2,7-9,11-13H2,1H3,(H,32,33)/t14-,22+/m1/s1. The third-order valence-corrected chi connectivity index (χ3v) is 6.95. The zero-order valence-corrected chi connectivity index (χ0v) is 19.4. The number of hydrogen-bond donors (Lipinski definition) is 2. The third kappa shape index (κ3) is 4.88. The molecule has 1 saturated heterocycles. The number of nitrogens with one attached hydrogen (secondary N) is 2. The zero-order chi connectivity index (χ0) is 24.7. The van der Waals surface area contributed by atoms with Gasteiger partial charge < -0.3 is 5.32 Å². The minimum absolute atomic E-state index is 0.247. The molecule has 2 N–H and O–H groups in total. The maximum atomic E-state index is 13.6. The van der Waals surface area contributed by atoms with Gasteiger partial charge in [0.1, 0.15) is 7.85 Å². The summed E-state index contributed by atoms with van der Waals surface area (Å²) < 4.78 is 53.1. The maximum Gasteiger partial charge on any atom is 0.401 e. The minimum Gasteiger partial charge on any atom is -0.378 e. The van der Waals surface area contributed by atoms with Crippen molar-refractivity contribution in [2.75, 3.05) is 38.2 Å². The predicted octanol–water partition coefficient (Wildman–Crippen LogP) is 3.11. The van der Waals surface area contributed by atoms with Crippen LogP contribution in [-0.4, -0.2) is 83.9 Å². The van der Waals surface area contributed by atoms with E-state index in [4.69, 9.17) is 7.85 Å². The van der Waals surface area contributed by atoms with Gasteiger partial charge in [0.15, 0.2) is 0 Å². The number of halogens is 4. The van der Waals surface area contributed by atoms with Gasteiger partial charge in [-0.15, -0.1) is 0 Å². The molecule has 11 heteroatoms. The molecule has 1 aromatic carbocycles. The highest BCUT2D eigenvalue weighted by atomic mass is 19.4. The minimum atomic E-state index is -4.34. The lowest BCUT2D eigenvalue weighted by Crippen LogP contribution is -2.54. The Balaban J connectivity index is 1.43.